The molecule has 126 heavy (non-hydrogen) atoms. The maximum absolute atomic E-state index is 16.2. The molecule has 4 saturated carbocycles. The number of carbonyl (C=O) groups is 6. The summed E-state index contributed by atoms with van der Waals surface area (Å²) in [7, 11) is 0. The van der Waals surface area contributed by atoms with Gasteiger partial charge in [0.1, 0.15) is 74.3 Å². The molecule has 5 saturated heterocycles. The molecule has 8 bridgehead atoms. The fourth-order valence-electron chi connectivity index (χ4n) is 23.0. The highest BCUT2D eigenvalue weighted by Crippen LogP contribution is 2.73. The quantitative estimate of drug-likeness (QED) is 0.0542. The summed E-state index contributed by atoms with van der Waals surface area (Å²) >= 11 is 0. The number of aromatic hydroxyl groups is 2. The van der Waals surface area contributed by atoms with E-state index in [1.807, 2.05) is 164 Å². The lowest BCUT2D eigenvalue weighted by Gasteiger charge is -2.65. The van der Waals surface area contributed by atoms with E-state index in [1.54, 1.807) is 37.7 Å². The average molecular weight is 1710 g/mol. The third-order valence-electron chi connectivity index (χ3n) is 29.3. The maximum Gasteiger partial charge on any atom is 0.249 e. The molecular weight excluding hydrogens is 1590 g/mol. The van der Waals surface area contributed by atoms with Gasteiger partial charge in [0.05, 0.1) is 28.2 Å². The molecule has 9 aliphatic heterocycles. The van der Waals surface area contributed by atoms with E-state index >= 15 is 14.4 Å². The van der Waals surface area contributed by atoms with Gasteiger partial charge in [-0.25, -0.2) is 15.0 Å². The smallest absolute Gasteiger partial charge is 0.249 e. The first kappa shape index (κ1) is 87.3. The van der Waals surface area contributed by atoms with Gasteiger partial charge in [-0.2, -0.15) is 0 Å². The van der Waals surface area contributed by atoms with E-state index < -0.39 is 68.6 Å². The molecule has 5 aromatic rings. The van der Waals surface area contributed by atoms with Crippen LogP contribution >= 0.6 is 0 Å². The molecular formula is C103H123N9O14. The number of hydrogen-bond acceptors (Lipinski definition) is 21. The molecule has 6 aliphatic carbocycles. The van der Waals surface area contributed by atoms with Crippen molar-refractivity contribution in [3.8, 4) is 34.5 Å². The lowest BCUT2D eigenvalue weighted by molar-refractivity contribution is -0.213. The number of piperazine rings is 3. The molecule has 3 aromatic heterocycles. The van der Waals surface area contributed by atoms with Crippen LogP contribution in [0.1, 0.15) is 205 Å². The van der Waals surface area contributed by atoms with Crippen molar-refractivity contribution in [3.63, 3.8) is 0 Å². The Labute approximate surface area is 741 Å². The summed E-state index contributed by atoms with van der Waals surface area (Å²) in [6.07, 6.45) is 31.8. The number of fused-ring (bicyclic) bond motifs is 4. The number of phenolic OH excluding ortho intramolecular Hbond substituents is 2. The zero-order valence-electron chi connectivity index (χ0n) is 76.1. The number of ketones is 4. The lowest BCUT2D eigenvalue weighted by atomic mass is 9.44. The first-order chi connectivity index (χ1) is 60.0. The predicted octanol–water partition coefficient (Wildman–Crippen LogP) is 16.1. The molecule has 664 valence electrons. The molecule has 12 atom stereocenters. The van der Waals surface area contributed by atoms with Gasteiger partial charge < -0.3 is 63.1 Å². The number of benzene rings is 2. The molecule has 12 unspecified atom stereocenters. The van der Waals surface area contributed by atoms with Crippen LogP contribution in [0.3, 0.4) is 0 Å². The van der Waals surface area contributed by atoms with Gasteiger partial charge in [0, 0.05) is 168 Å². The first-order valence-electron chi connectivity index (χ1n) is 45.5. The van der Waals surface area contributed by atoms with Crippen LogP contribution in [-0.2, 0) is 41.5 Å². The zero-order chi connectivity index (χ0) is 89.3. The fourth-order valence-corrected chi connectivity index (χ4v) is 23.0. The van der Waals surface area contributed by atoms with Crippen molar-refractivity contribution in [3.05, 3.63) is 200 Å². The molecule has 2 spiro atoms. The van der Waals surface area contributed by atoms with Crippen LogP contribution in [0.2, 0.25) is 0 Å². The number of allylic oxidation sites excluding steroid dienone is 9. The number of carbonyl (C=O) groups excluding carboxylic acids is 6. The number of anilines is 3. The number of nitrogens with zero attached hydrogens (tertiary/aromatic N) is 9. The monoisotopic (exact) mass is 1710 g/mol. The number of rotatable bonds is 20. The molecule has 0 radical (unpaired) electrons. The fraction of sp³-hybridized carbons (Fsp3) is 0.505. The lowest BCUT2D eigenvalue weighted by Crippen LogP contribution is -2.82. The number of hydrogen-bond donors (Lipinski definition) is 2. The zero-order valence-corrected chi connectivity index (χ0v) is 76.1. The number of Topliss-reactive ketones (excluding diaryl/α,β-unsaturated/α-hetero) is 4. The second kappa shape index (κ2) is 32.8. The van der Waals surface area contributed by atoms with Crippen molar-refractivity contribution in [2.75, 3.05) is 93.2 Å². The van der Waals surface area contributed by atoms with E-state index in [2.05, 4.69) is 93.5 Å². The van der Waals surface area contributed by atoms with Crippen LogP contribution in [0.15, 0.2) is 167 Å². The first-order valence-corrected chi connectivity index (χ1v) is 45.5. The minimum absolute atomic E-state index is 0.0505. The van der Waals surface area contributed by atoms with Gasteiger partial charge >= 0.3 is 0 Å². The highest BCUT2D eigenvalue weighted by atomic mass is 16.6. The van der Waals surface area contributed by atoms with E-state index in [0.29, 0.717) is 168 Å². The molecule has 15 aliphatic rings. The van der Waals surface area contributed by atoms with Gasteiger partial charge in [-0.15, -0.1) is 0 Å². The summed E-state index contributed by atoms with van der Waals surface area (Å²) in [6.45, 7) is 39.3. The summed E-state index contributed by atoms with van der Waals surface area (Å²) < 4.78 is 43.3. The SMILES string of the molecule is CC(C)=CCCC1(C)C=Cc2c(O)c3c(c(CC=C(C)C)c2O1)OC12C(=CC4CC1C(C)(C)OC2(C/C=C(/C)C(=O)N1CCN(c2ccccn2)CC1)C4=O)C3=O.CC(C)=CCCC1(C)C=Cc2c(O)c3c(c(CC=C(C)C)c2O1)OC12C(C3=O)C(N3CCN(c4ccccn4)CC3)C3CC1C(C)(C)OC2(C/C=C(/C)C(=O)N1CCN(c2ccccn2)CC1)C3=O. The second-order valence-corrected chi connectivity index (χ2v) is 39.5. The second-order valence-electron chi connectivity index (χ2n) is 39.5. The largest absolute Gasteiger partial charge is 0.506 e. The van der Waals surface area contributed by atoms with Crippen LogP contribution in [0.4, 0.5) is 17.5 Å². The third-order valence-corrected chi connectivity index (χ3v) is 29.3. The van der Waals surface area contributed by atoms with E-state index in [9.17, 15) is 24.6 Å². The predicted molar refractivity (Wildman–Crippen MR) is 487 cm³/mol. The number of phenols is 2. The highest BCUT2D eigenvalue weighted by molar-refractivity contribution is 6.19. The third kappa shape index (κ3) is 14.5. The molecule has 2 amide bonds. The van der Waals surface area contributed by atoms with Crippen molar-refractivity contribution >= 4 is 64.6 Å². The van der Waals surface area contributed by atoms with E-state index in [0.717, 1.165) is 41.4 Å². The standard InChI is InChI=1S/C56H68N6O7.C47H55N3O7/c1-35(2)14-13-21-54(8)22-20-38-47(63)44-48(64)45-46(61-30-26-59(27-31-61)42-15-9-11-24-57-42)40-34-41-53(6,7)69-55(51(40)65,56(41,45)68-50(44)39(49(38)67-54)18-17-36(3)4)23-19-37(5)52(66)62-32-28-60(29-33-62)43-16-10-12-25-58-43;1-28(2)12-11-18-45(8)19-17-32-38(51)37-39(52)34-26-31-27-35-44(6,7)57-46(42(31)53,47(34,35)56-41(37)33(40(32)55-45)15-14-29(3)4)20-16-30(5)43(54)50-24-22-49(23-25-50)36-13-9-10-21-48-36/h9-12,14-17,19-20,22,24-25,40-41,45-46,63H,13,18,21,23,26-34H2,1-8H3;9-10,12-14,16-17,19,21,26,31,35,51H,11,15,18,20,22-25,27H2,1-8H3/b37-19-;30-16-. The van der Waals surface area contributed by atoms with Crippen LogP contribution in [0.5, 0.6) is 34.5 Å². The van der Waals surface area contributed by atoms with Crippen LogP contribution in [-0.4, -0.2) is 204 Å². The molecule has 20 rings (SSSR count). The highest BCUT2D eigenvalue weighted by Gasteiger charge is 2.86. The van der Waals surface area contributed by atoms with Crippen molar-refractivity contribution in [1.82, 2.24) is 29.7 Å². The maximum atomic E-state index is 16.2. The minimum atomic E-state index is -1.62. The van der Waals surface area contributed by atoms with E-state index in [-0.39, 0.29) is 93.7 Å². The minimum Gasteiger partial charge on any atom is -0.506 e. The van der Waals surface area contributed by atoms with Crippen molar-refractivity contribution in [2.24, 2.45) is 29.6 Å². The van der Waals surface area contributed by atoms with Gasteiger partial charge in [-0.3, -0.25) is 33.7 Å². The Morgan fingerprint density at radius 2 is 0.921 bits per heavy atom. The molecule has 2 aromatic carbocycles. The van der Waals surface area contributed by atoms with Gasteiger partial charge in [-0.05, 0) is 223 Å². The summed E-state index contributed by atoms with van der Waals surface area (Å²) in [5.41, 5.74) is -0.895. The van der Waals surface area contributed by atoms with Gasteiger partial charge in [0.2, 0.25) is 11.8 Å². The van der Waals surface area contributed by atoms with Crippen molar-refractivity contribution in [1.29, 1.82) is 0 Å². The van der Waals surface area contributed by atoms with Crippen LogP contribution in [0.25, 0.3) is 12.2 Å². The van der Waals surface area contributed by atoms with E-state index in [4.69, 9.17) is 28.4 Å². The van der Waals surface area contributed by atoms with Gasteiger partial charge in [0.25, 0.3) is 0 Å². The Morgan fingerprint density at radius 1 is 0.484 bits per heavy atom. The Morgan fingerprint density at radius 3 is 1.38 bits per heavy atom. The van der Waals surface area contributed by atoms with Crippen molar-refractivity contribution < 1.29 is 67.4 Å². The Balaban J connectivity index is 0.000000181. The van der Waals surface area contributed by atoms with Gasteiger partial charge in [-0.1, -0.05) is 83.0 Å². The number of pyridine rings is 3. The van der Waals surface area contributed by atoms with E-state index in [1.165, 1.54) is 11.1 Å². The average Bonchev–Trinajstić information content (AvgIpc) is 1.44. The number of ether oxygens (including phenoxy) is 6. The Kier molecular flexibility index (Phi) is 22.8. The molecule has 23 nitrogen and oxygen atoms in total. The number of aromatic nitrogens is 3. The summed E-state index contributed by atoms with van der Waals surface area (Å²) in [5, 5.41) is 24.6. The molecule has 9 fully saturated rings. The molecule has 12 heterocycles. The van der Waals surface area contributed by atoms with Gasteiger partial charge in [0.15, 0.2) is 45.5 Å². The molecule has 23 heteroatoms. The topological polar surface area (TPSA) is 256 Å². The van der Waals surface area contributed by atoms with Crippen LogP contribution < -0.4 is 33.6 Å². The molecule has 2 N–H and O–H groups in total. The van der Waals surface area contributed by atoms with Crippen LogP contribution in [0, 0.1) is 29.6 Å². The summed E-state index contributed by atoms with van der Waals surface area (Å²) in [5.74, 6) is -0.0290. The Bertz CT molecular complexity index is 5530. The normalized spacial score (nSPS) is 29.6. The van der Waals surface area contributed by atoms with Crippen molar-refractivity contribution in [2.45, 2.75) is 226 Å². The summed E-state index contributed by atoms with van der Waals surface area (Å²) in [4.78, 5) is 117. The summed E-state index contributed by atoms with van der Waals surface area (Å²) in [6, 6.07) is 17.1. The Hall–Kier alpha value is -10.8. The number of amides is 2.